The van der Waals surface area contributed by atoms with Gasteiger partial charge in [-0.2, -0.15) is 0 Å². The first kappa shape index (κ1) is 13.5. The molecule has 0 rings (SSSR count). The zero-order chi connectivity index (χ0) is 11.0. The van der Waals surface area contributed by atoms with Crippen molar-refractivity contribution in [3.8, 4) is 0 Å². The Morgan fingerprint density at radius 1 is 1.21 bits per heavy atom. The Morgan fingerprint density at radius 3 is 2.36 bits per heavy atom. The predicted octanol–water partition coefficient (Wildman–Crippen LogP) is 0.240. The van der Waals surface area contributed by atoms with Gasteiger partial charge in [0, 0.05) is 12.8 Å². The number of hydrogen-bond donors (Lipinski definition) is 3. The molecule has 0 aromatic heterocycles. The normalized spacial score (nSPS) is 15.1. The van der Waals surface area contributed by atoms with Crippen LogP contribution in [0.15, 0.2) is 0 Å². The minimum absolute atomic E-state index is 0.0570. The molecule has 0 unspecified atom stereocenters. The van der Waals surface area contributed by atoms with Gasteiger partial charge >= 0.3 is 0 Å². The zero-order valence-corrected chi connectivity index (χ0v) is 8.65. The van der Waals surface area contributed by atoms with Crippen molar-refractivity contribution in [3.63, 3.8) is 0 Å². The first-order valence-corrected chi connectivity index (χ1v) is 5.10. The van der Waals surface area contributed by atoms with E-state index < -0.39 is 18.8 Å². The summed E-state index contributed by atoms with van der Waals surface area (Å²) in [5.74, 6) is -0.0570. The molecule has 0 fully saturated rings. The topological polar surface area (TPSA) is 77.8 Å². The quantitative estimate of drug-likeness (QED) is 0.495. The lowest BCUT2D eigenvalue weighted by Gasteiger charge is -2.14. The second kappa shape index (κ2) is 7.91. The molecule has 0 heterocycles. The number of ketones is 1. The summed E-state index contributed by atoms with van der Waals surface area (Å²) in [6.45, 7) is 1.54. The second-order valence-electron chi connectivity index (χ2n) is 3.52. The molecule has 0 spiro atoms. The highest BCUT2D eigenvalue weighted by Gasteiger charge is 2.18. The van der Waals surface area contributed by atoms with Gasteiger partial charge < -0.3 is 15.3 Å². The molecule has 0 aliphatic rings. The molecular formula is C10H20O4. The molecule has 0 radical (unpaired) electrons. The summed E-state index contributed by atoms with van der Waals surface area (Å²) in [5.41, 5.74) is 0. The lowest BCUT2D eigenvalue weighted by Crippen LogP contribution is -2.31. The summed E-state index contributed by atoms with van der Waals surface area (Å²) in [6, 6.07) is 0. The minimum atomic E-state index is -1.20. The molecular weight excluding hydrogens is 184 g/mol. The summed E-state index contributed by atoms with van der Waals surface area (Å²) in [5, 5.41) is 26.7. The van der Waals surface area contributed by atoms with Crippen LogP contribution in [-0.4, -0.2) is 39.9 Å². The van der Waals surface area contributed by atoms with Crippen LogP contribution >= 0.6 is 0 Å². The van der Waals surface area contributed by atoms with Crippen molar-refractivity contribution in [1.82, 2.24) is 0 Å². The van der Waals surface area contributed by atoms with Crippen molar-refractivity contribution >= 4 is 5.78 Å². The lowest BCUT2D eigenvalue weighted by atomic mass is 10.0. The van der Waals surface area contributed by atoms with Crippen molar-refractivity contribution < 1.29 is 20.1 Å². The van der Waals surface area contributed by atoms with Crippen LogP contribution in [0.25, 0.3) is 0 Å². The molecule has 3 N–H and O–H groups in total. The molecule has 0 bridgehead atoms. The molecule has 2 atom stereocenters. The van der Waals surface area contributed by atoms with Crippen LogP contribution in [0, 0.1) is 0 Å². The number of hydrogen-bond acceptors (Lipinski definition) is 4. The van der Waals surface area contributed by atoms with Gasteiger partial charge in [-0.15, -0.1) is 0 Å². The van der Waals surface area contributed by atoms with Crippen LogP contribution in [0.5, 0.6) is 0 Å². The molecule has 0 saturated heterocycles. The van der Waals surface area contributed by atoms with Gasteiger partial charge in [0.1, 0.15) is 11.9 Å². The van der Waals surface area contributed by atoms with E-state index in [1.54, 1.807) is 0 Å². The van der Waals surface area contributed by atoms with Crippen LogP contribution in [0.1, 0.15) is 39.0 Å². The summed E-state index contributed by atoms with van der Waals surface area (Å²) in [6.07, 6.45) is 0.935. The molecule has 4 heteroatoms. The van der Waals surface area contributed by atoms with E-state index in [1.165, 1.54) is 0 Å². The van der Waals surface area contributed by atoms with Crippen molar-refractivity contribution in [1.29, 1.82) is 0 Å². The van der Waals surface area contributed by atoms with E-state index in [4.69, 9.17) is 10.2 Å². The fourth-order valence-corrected chi connectivity index (χ4v) is 1.17. The molecule has 0 saturated carbocycles. The third-order valence-electron chi connectivity index (χ3n) is 2.13. The van der Waals surface area contributed by atoms with E-state index in [0.29, 0.717) is 6.42 Å². The fraction of sp³-hybridized carbons (Fsp3) is 0.900. The van der Waals surface area contributed by atoms with Crippen LogP contribution in [-0.2, 0) is 4.79 Å². The van der Waals surface area contributed by atoms with Crippen LogP contribution in [0.3, 0.4) is 0 Å². The average molecular weight is 204 g/mol. The predicted molar refractivity (Wildman–Crippen MR) is 52.9 cm³/mol. The molecule has 0 amide bonds. The maximum atomic E-state index is 11.2. The molecule has 14 heavy (non-hydrogen) atoms. The summed E-state index contributed by atoms with van der Waals surface area (Å²) in [4.78, 5) is 11.2. The molecule has 0 aromatic carbocycles. The number of carbonyl (C=O) groups is 1. The van der Waals surface area contributed by atoms with Gasteiger partial charge in [-0.1, -0.05) is 19.8 Å². The molecule has 0 aliphatic heterocycles. The van der Waals surface area contributed by atoms with Gasteiger partial charge in [0.15, 0.2) is 0 Å². The molecule has 0 aromatic rings. The second-order valence-corrected chi connectivity index (χ2v) is 3.52. The van der Waals surface area contributed by atoms with Gasteiger partial charge in [0.05, 0.1) is 12.7 Å². The number of aliphatic hydroxyl groups is 3. The van der Waals surface area contributed by atoms with Crippen molar-refractivity contribution in [2.24, 2.45) is 0 Å². The number of rotatable bonds is 8. The van der Waals surface area contributed by atoms with E-state index in [2.05, 4.69) is 6.92 Å². The number of Topliss-reactive ketones (excluding diaryl/α,β-unsaturated/α-hetero) is 1. The maximum Gasteiger partial charge on any atom is 0.135 e. The summed E-state index contributed by atoms with van der Waals surface area (Å²) < 4.78 is 0. The Hall–Kier alpha value is -0.450. The fourth-order valence-electron chi connectivity index (χ4n) is 1.17. The number of unbranched alkanes of at least 4 members (excludes halogenated alkanes) is 2. The zero-order valence-electron chi connectivity index (χ0n) is 8.65. The van der Waals surface area contributed by atoms with E-state index in [-0.39, 0.29) is 12.2 Å². The Kier molecular flexibility index (Phi) is 7.65. The Labute approximate surface area is 84.6 Å². The first-order chi connectivity index (χ1) is 6.61. The van der Waals surface area contributed by atoms with E-state index >= 15 is 0 Å². The summed E-state index contributed by atoms with van der Waals surface area (Å²) in [7, 11) is 0. The van der Waals surface area contributed by atoms with Crippen LogP contribution < -0.4 is 0 Å². The largest absolute Gasteiger partial charge is 0.394 e. The standard InChI is InChI=1S/C10H20O4/c1-2-3-4-5-8(12)6-9(13)10(14)7-11/h9-11,13-14H,2-7H2,1H3/t9-,10+/m0/s1. The van der Waals surface area contributed by atoms with Gasteiger partial charge in [-0.3, -0.25) is 4.79 Å². The van der Waals surface area contributed by atoms with E-state index in [0.717, 1.165) is 19.3 Å². The number of aliphatic hydroxyl groups excluding tert-OH is 3. The Balaban J connectivity index is 3.60. The van der Waals surface area contributed by atoms with Gasteiger partial charge in [-0.05, 0) is 6.42 Å². The molecule has 4 nitrogen and oxygen atoms in total. The maximum absolute atomic E-state index is 11.2. The SMILES string of the molecule is CCCCCC(=O)C[C@H](O)[C@H](O)CO. The van der Waals surface area contributed by atoms with Crippen LogP contribution in [0.2, 0.25) is 0 Å². The van der Waals surface area contributed by atoms with Crippen LogP contribution in [0.4, 0.5) is 0 Å². The van der Waals surface area contributed by atoms with E-state index in [9.17, 15) is 9.90 Å². The highest BCUT2D eigenvalue weighted by Crippen LogP contribution is 2.06. The van der Waals surface area contributed by atoms with Gasteiger partial charge in [0.25, 0.3) is 0 Å². The third kappa shape index (κ3) is 6.07. The molecule has 84 valence electrons. The molecule has 0 aliphatic carbocycles. The highest BCUT2D eigenvalue weighted by molar-refractivity contribution is 5.78. The highest BCUT2D eigenvalue weighted by atomic mass is 16.4. The van der Waals surface area contributed by atoms with Gasteiger partial charge in [-0.25, -0.2) is 0 Å². The monoisotopic (exact) mass is 204 g/mol. The van der Waals surface area contributed by atoms with Crippen molar-refractivity contribution in [2.75, 3.05) is 6.61 Å². The van der Waals surface area contributed by atoms with Crippen molar-refractivity contribution in [3.05, 3.63) is 0 Å². The average Bonchev–Trinajstić information content (AvgIpc) is 2.16. The Bertz CT molecular complexity index is 158. The minimum Gasteiger partial charge on any atom is -0.394 e. The Morgan fingerprint density at radius 2 is 1.86 bits per heavy atom. The number of carbonyl (C=O) groups excluding carboxylic acids is 1. The van der Waals surface area contributed by atoms with E-state index in [1.807, 2.05) is 0 Å². The smallest absolute Gasteiger partial charge is 0.135 e. The van der Waals surface area contributed by atoms with Gasteiger partial charge in [0.2, 0.25) is 0 Å². The third-order valence-corrected chi connectivity index (χ3v) is 2.13. The first-order valence-electron chi connectivity index (χ1n) is 5.10. The van der Waals surface area contributed by atoms with Crippen molar-refractivity contribution in [2.45, 2.75) is 51.2 Å². The lowest BCUT2D eigenvalue weighted by molar-refractivity contribution is -0.123. The summed E-state index contributed by atoms with van der Waals surface area (Å²) >= 11 is 0.